The average molecular weight is 383 g/mol. The van der Waals surface area contributed by atoms with E-state index in [2.05, 4.69) is 31.6 Å². The van der Waals surface area contributed by atoms with Crippen LogP contribution in [0, 0.1) is 6.92 Å². The molecule has 0 aliphatic heterocycles. The van der Waals surface area contributed by atoms with E-state index in [1.54, 1.807) is 4.68 Å². The molecule has 0 bridgehead atoms. The summed E-state index contributed by atoms with van der Waals surface area (Å²) in [6, 6.07) is 17.1. The number of nitrogens with zero attached hydrogens (tertiary/aromatic N) is 6. The summed E-state index contributed by atoms with van der Waals surface area (Å²) in [5.74, 6) is 0.456. The molecule has 0 radical (unpaired) electrons. The van der Waals surface area contributed by atoms with E-state index in [-0.39, 0.29) is 0 Å². The normalized spacial score (nSPS) is 14.0. The Kier molecular flexibility index (Phi) is 5.38. The van der Waals surface area contributed by atoms with Crippen LogP contribution in [-0.4, -0.2) is 9.78 Å². The second kappa shape index (κ2) is 8.43. The summed E-state index contributed by atoms with van der Waals surface area (Å²) in [6.45, 7) is 1.86. The van der Waals surface area contributed by atoms with Crippen LogP contribution in [0.5, 0.6) is 0 Å². The van der Waals surface area contributed by atoms with E-state index in [4.69, 9.17) is 5.73 Å². The van der Waals surface area contributed by atoms with Crippen LogP contribution in [0.1, 0.15) is 18.5 Å². The molecule has 4 rings (SSSR count). The van der Waals surface area contributed by atoms with E-state index in [0.717, 1.165) is 35.6 Å². The first-order valence-electron chi connectivity index (χ1n) is 9.40. The van der Waals surface area contributed by atoms with Gasteiger partial charge in [0, 0.05) is 0 Å². The van der Waals surface area contributed by atoms with Gasteiger partial charge in [0.15, 0.2) is 11.5 Å². The molecule has 0 amide bonds. The lowest BCUT2D eigenvalue weighted by molar-refractivity contribution is 0.872. The Bertz CT molecular complexity index is 1100. The van der Waals surface area contributed by atoms with Crippen molar-refractivity contribution in [3.63, 3.8) is 0 Å². The summed E-state index contributed by atoms with van der Waals surface area (Å²) in [7, 11) is 0. The highest BCUT2D eigenvalue weighted by atomic mass is 15.3. The largest absolute Gasteiger partial charge is 0.382 e. The van der Waals surface area contributed by atoms with Gasteiger partial charge >= 0.3 is 0 Å². The number of para-hydroxylation sites is 1. The molecule has 1 aromatic heterocycles. The zero-order valence-corrected chi connectivity index (χ0v) is 16.1. The molecule has 2 N–H and O–H groups in total. The van der Waals surface area contributed by atoms with Gasteiger partial charge in [-0.25, -0.2) is 4.68 Å². The van der Waals surface area contributed by atoms with E-state index in [9.17, 15) is 0 Å². The molecule has 0 saturated carbocycles. The minimum Gasteiger partial charge on any atom is -0.382 e. The number of rotatable bonds is 5. The highest BCUT2D eigenvalue weighted by Crippen LogP contribution is 2.30. The van der Waals surface area contributed by atoms with Gasteiger partial charge in [-0.3, -0.25) is 0 Å². The number of nitrogen functional groups attached to an aromatic ring is 1. The fourth-order valence-electron chi connectivity index (χ4n) is 2.92. The molecule has 144 valence electrons. The number of hydrogen-bond donors (Lipinski definition) is 1. The van der Waals surface area contributed by atoms with Crippen molar-refractivity contribution in [2.24, 2.45) is 20.5 Å². The van der Waals surface area contributed by atoms with Gasteiger partial charge < -0.3 is 5.73 Å². The molecule has 0 spiro atoms. The lowest BCUT2D eigenvalue weighted by Gasteiger charge is -2.02. The van der Waals surface area contributed by atoms with E-state index in [1.165, 1.54) is 0 Å². The molecule has 7 heteroatoms. The number of aryl methyl sites for hydroxylation is 1. The molecule has 29 heavy (non-hydrogen) atoms. The van der Waals surface area contributed by atoms with Crippen molar-refractivity contribution in [1.29, 1.82) is 0 Å². The maximum Gasteiger partial charge on any atom is 0.155 e. The molecule has 0 fully saturated rings. The van der Waals surface area contributed by atoms with Crippen molar-refractivity contribution in [2.75, 3.05) is 5.73 Å². The van der Waals surface area contributed by atoms with Gasteiger partial charge in [0.2, 0.25) is 0 Å². The SMILES string of the molecule is Cc1nn(-c2ccccc2)c(N)c1N=Nc1ccc(N=NC2=CC=CCC2)cc1. The summed E-state index contributed by atoms with van der Waals surface area (Å²) in [4.78, 5) is 0. The first-order valence-corrected chi connectivity index (χ1v) is 9.40. The monoisotopic (exact) mass is 383 g/mol. The van der Waals surface area contributed by atoms with Crippen molar-refractivity contribution in [2.45, 2.75) is 19.8 Å². The zero-order chi connectivity index (χ0) is 20.1. The smallest absolute Gasteiger partial charge is 0.155 e. The Labute approximate surface area is 169 Å². The third kappa shape index (κ3) is 4.35. The highest BCUT2D eigenvalue weighted by molar-refractivity contribution is 5.64. The lowest BCUT2D eigenvalue weighted by Crippen LogP contribution is -2.01. The number of aromatic nitrogens is 2. The fourth-order valence-corrected chi connectivity index (χ4v) is 2.92. The van der Waals surface area contributed by atoms with Crippen LogP contribution < -0.4 is 5.73 Å². The topological polar surface area (TPSA) is 93.3 Å². The van der Waals surface area contributed by atoms with Crippen LogP contribution in [0.25, 0.3) is 5.69 Å². The molecule has 1 heterocycles. The van der Waals surface area contributed by atoms with Crippen molar-refractivity contribution >= 4 is 22.9 Å². The number of anilines is 1. The van der Waals surface area contributed by atoms with Crippen LogP contribution in [0.4, 0.5) is 22.9 Å². The fraction of sp³-hybridized carbons (Fsp3) is 0.136. The molecular formula is C22H21N7. The Morgan fingerprint density at radius 2 is 1.59 bits per heavy atom. The molecule has 3 aromatic rings. The number of azo groups is 2. The van der Waals surface area contributed by atoms with Crippen LogP contribution in [0.3, 0.4) is 0 Å². The van der Waals surface area contributed by atoms with Gasteiger partial charge in [-0.2, -0.15) is 20.4 Å². The molecule has 0 saturated heterocycles. The average Bonchev–Trinajstić information content (AvgIpc) is 3.06. The highest BCUT2D eigenvalue weighted by Gasteiger charge is 2.13. The molecular weight excluding hydrogens is 362 g/mol. The van der Waals surface area contributed by atoms with Gasteiger partial charge in [-0.05, 0) is 62.2 Å². The van der Waals surface area contributed by atoms with E-state index < -0.39 is 0 Å². The maximum absolute atomic E-state index is 6.24. The molecule has 1 aliphatic rings. The molecule has 2 aromatic carbocycles. The van der Waals surface area contributed by atoms with Gasteiger partial charge in [-0.15, -0.1) is 5.11 Å². The molecule has 0 unspecified atom stereocenters. The third-order valence-electron chi connectivity index (χ3n) is 4.47. The van der Waals surface area contributed by atoms with Crippen molar-refractivity contribution in [3.8, 4) is 5.69 Å². The Morgan fingerprint density at radius 1 is 0.897 bits per heavy atom. The van der Waals surface area contributed by atoms with Crippen LogP contribution in [0.2, 0.25) is 0 Å². The van der Waals surface area contributed by atoms with Crippen LogP contribution in [-0.2, 0) is 0 Å². The predicted octanol–water partition coefficient (Wildman–Crippen LogP) is 6.50. The Morgan fingerprint density at radius 3 is 2.24 bits per heavy atom. The first kappa shape index (κ1) is 18.5. The quantitative estimate of drug-likeness (QED) is 0.509. The molecule has 7 nitrogen and oxygen atoms in total. The van der Waals surface area contributed by atoms with Gasteiger partial charge in [0.1, 0.15) is 0 Å². The van der Waals surface area contributed by atoms with Crippen LogP contribution in [0.15, 0.2) is 99.0 Å². The summed E-state index contributed by atoms with van der Waals surface area (Å²) in [6.07, 6.45) is 8.04. The van der Waals surface area contributed by atoms with E-state index >= 15 is 0 Å². The number of allylic oxidation sites excluding steroid dienone is 4. The second-order valence-electron chi connectivity index (χ2n) is 6.61. The first-order chi connectivity index (χ1) is 14.2. The summed E-state index contributed by atoms with van der Waals surface area (Å²) in [5.41, 5.74) is 10.9. The number of benzene rings is 2. The number of nitrogens with two attached hydrogens (primary N) is 1. The number of hydrogen-bond acceptors (Lipinski definition) is 6. The van der Waals surface area contributed by atoms with Crippen molar-refractivity contribution < 1.29 is 0 Å². The van der Waals surface area contributed by atoms with Crippen LogP contribution >= 0.6 is 0 Å². The van der Waals surface area contributed by atoms with Gasteiger partial charge in [-0.1, -0.05) is 30.4 Å². The minimum absolute atomic E-state index is 0.456. The van der Waals surface area contributed by atoms with Crippen molar-refractivity contribution in [1.82, 2.24) is 9.78 Å². The third-order valence-corrected chi connectivity index (χ3v) is 4.47. The molecule has 1 aliphatic carbocycles. The minimum atomic E-state index is 0.456. The summed E-state index contributed by atoms with van der Waals surface area (Å²) in [5, 5.41) is 21.6. The predicted molar refractivity (Wildman–Crippen MR) is 114 cm³/mol. The Hall–Kier alpha value is -3.87. The zero-order valence-electron chi connectivity index (χ0n) is 16.1. The second-order valence-corrected chi connectivity index (χ2v) is 6.61. The maximum atomic E-state index is 6.24. The van der Waals surface area contributed by atoms with Gasteiger partial charge in [0.05, 0.1) is 28.5 Å². The van der Waals surface area contributed by atoms with E-state index in [0.29, 0.717) is 17.2 Å². The summed E-state index contributed by atoms with van der Waals surface area (Å²) < 4.78 is 1.67. The van der Waals surface area contributed by atoms with Gasteiger partial charge in [0.25, 0.3) is 0 Å². The molecule has 0 atom stereocenters. The Balaban J connectivity index is 1.50. The van der Waals surface area contributed by atoms with Crippen molar-refractivity contribution in [3.05, 3.63) is 84.2 Å². The lowest BCUT2D eigenvalue weighted by atomic mass is 10.1. The van der Waals surface area contributed by atoms with E-state index in [1.807, 2.05) is 73.7 Å². The standard InChI is InChI=1S/C22H21N7/c1-16-21(22(23)29(28-16)20-10-6-3-7-11-20)27-26-19-14-12-18(13-15-19)25-24-17-8-4-2-5-9-17/h2-4,6-8,10-15H,5,9,23H2,1H3. The summed E-state index contributed by atoms with van der Waals surface area (Å²) >= 11 is 0.